The minimum absolute atomic E-state index is 0.182. The normalized spacial score (nSPS) is 11.3. The number of hydrogen-bond acceptors (Lipinski definition) is 8. The maximum absolute atomic E-state index is 9.12. The predicted octanol–water partition coefficient (Wildman–Crippen LogP) is 6.87. The molecule has 0 unspecified atom stereocenters. The molecule has 3 heterocycles. The molecule has 0 aliphatic carbocycles. The summed E-state index contributed by atoms with van der Waals surface area (Å²) in [4.78, 5) is 16.5. The van der Waals surface area contributed by atoms with Gasteiger partial charge in [-0.1, -0.05) is 53.7 Å². The number of nitrogens with zero attached hydrogens (tertiary/aromatic N) is 7. The van der Waals surface area contributed by atoms with Gasteiger partial charge >= 0.3 is 0 Å². The van der Waals surface area contributed by atoms with Crippen LogP contribution in [0.25, 0.3) is 11.0 Å². The first-order valence-corrected chi connectivity index (χ1v) is 14.3. The van der Waals surface area contributed by atoms with E-state index in [0.717, 1.165) is 53.5 Å². The zero-order valence-electron chi connectivity index (χ0n) is 24.7. The first-order valence-electron chi connectivity index (χ1n) is 13.5. The second-order valence-corrected chi connectivity index (χ2v) is 13.2. The lowest BCUT2D eigenvalue weighted by Crippen LogP contribution is -2.14. The maximum atomic E-state index is 9.12. The Balaban J connectivity index is 0.000000250. The van der Waals surface area contributed by atoms with Crippen molar-refractivity contribution in [3.8, 4) is 12.1 Å². The van der Waals surface area contributed by atoms with E-state index in [2.05, 4.69) is 93.4 Å². The standard InChI is InChI=1S/C20H23N5.C11H15BrN4/c1-20(2,3)8-9-25-17(10-14-4-6-16(22)7-5-14)11-15-13-23-18(12-21)24-19(15)25;1-11(2,3)4-5-14-10-8(12)7-15-9(6-13)16-10/h4-7,11,13H,8-10,22H2,1-3H3;7H,4-5H2,1-3H3,(H,14,15,16). The third kappa shape index (κ3) is 9.84. The number of nitrogens with two attached hydrogens (primary N) is 1. The van der Waals surface area contributed by atoms with Gasteiger partial charge in [0.1, 0.15) is 23.6 Å². The lowest BCUT2D eigenvalue weighted by Gasteiger charge is -2.20. The number of halogens is 1. The minimum Gasteiger partial charge on any atom is -0.399 e. The Kier molecular flexibility index (Phi) is 10.4. The molecular formula is C31H38BrN9. The number of nitrogen functional groups attached to an aromatic ring is 1. The SMILES string of the molecule is CC(C)(C)CCNc1nc(C#N)ncc1Br.CC(C)(C)CCn1c(Cc2ccc(N)cc2)cc2cnc(C#N)nc21. The zero-order valence-corrected chi connectivity index (χ0v) is 26.2. The lowest BCUT2D eigenvalue weighted by molar-refractivity contribution is 0.351. The van der Waals surface area contributed by atoms with Gasteiger partial charge in [-0.3, -0.25) is 0 Å². The van der Waals surface area contributed by atoms with E-state index in [1.807, 2.05) is 36.4 Å². The van der Waals surface area contributed by atoms with Crippen LogP contribution in [0.1, 0.15) is 77.3 Å². The van der Waals surface area contributed by atoms with Crippen LogP contribution >= 0.6 is 15.9 Å². The molecule has 3 N–H and O–H groups in total. The molecule has 10 heteroatoms. The summed E-state index contributed by atoms with van der Waals surface area (Å²) >= 11 is 3.34. The van der Waals surface area contributed by atoms with Crippen LogP contribution in [0.2, 0.25) is 0 Å². The summed E-state index contributed by atoms with van der Waals surface area (Å²) in [6.45, 7) is 14.9. The fourth-order valence-electron chi connectivity index (χ4n) is 3.94. The van der Waals surface area contributed by atoms with Crippen molar-refractivity contribution in [1.29, 1.82) is 10.5 Å². The molecule has 0 radical (unpaired) electrons. The van der Waals surface area contributed by atoms with Crippen molar-refractivity contribution in [3.63, 3.8) is 0 Å². The molecule has 4 aromatic rings. The fourth-order valence-corrected chi connectivity index (χ4v) is 4.27. The topological polar surface area (TPSA) is 142 Å². The number of aryl methyl sites for hydroxylation is 1. The molecule has 0 atom stereocenters. The van der Waals surface area contributed by atoms with E-state index in [1.165, 1.54) is 11.3 Å². The summed E-state index contributed by atoms with van der Waals surface area (Å²) in [7, 11) is 0. The first-order chi connectivity index (χ1) is 19.3. The zero-order chi connectivity index (χ0) is 30.2. The number of nitriles is 2. The molecule has 3 aromatic heterocycles. The monoisotopic (exact) mass is 615 g/mol. The van der Waals surface area contributed by atoms with Gasteiger partial charge < -0.3 is 15.6 Å². The van der Waals surface area contributed by atoms with Crippen molar-refractivity contribution in [1.82, 2.24) is 24.5 Å². The lowest BCUT2D eigenvalue weighted by atomic mass is 9.92. The van der Waals surface area contributed by atoms with Crippen LogP contribution in [0.5, 0.6) is 0 Å². The first kappa shape index (κ1) is 31.5. The number of nitrogens with one attached hydrogen (secondary N) is 1. The highest BCUT2D eigenvalue weighted by molar-refractivity contribution is 9.10. The van der Waals surface area contributed by atoms with Crippen LogP contribution in [0, 0.1) is 33.5 Å². The van der Waals surface area contributed by atoms with E-state index >= 15 is 0 Å². The number of rotatable bonds is 7. The summed E-state index contributed by atoms with van der Waals surface area (Å²) in [5.74, 6) is 1.07. The molecule has 0 spiro atoms. The van der Waals surface area contributed by atoms with Crippen LogP contribution in [-0.4, -0.2) is 31.0 Å². The Bertz CT molecular complexity index is 1550. The van der Waals surface area contributed by atoms with Gasteiger partial charge in [-0.2, -0.15) is 10.5 Å². The molecule has 0 saturated heterocycles. The number of benzene rings is 1. The molecule has 0 aliphatic rings. The van der Waals surface area contributed by atoms with E-state index in [1.54, 1.807) is 12.4 Å². The highest BCUT2D eigenvalue weighted by atomic mass is 79.9. The third-order valence-corrected chi connectivity index (χ3v) is 6.86. The number of anilines is 2. The van der Waals surface area contributed by atoms with Gasteiger partial charge in [-0.05, 0) is 63.4 Å². The molecule has 0 saturated carbocycles. The van der Waals surface area contributed by atoms with E-state index < -0.39 is 0 Å². The third-order valence-electron chi connectivity index (χ3n) is 6.28. The molecule has 4 rings (SSSR count). The molecular weight excluding hydrogens is 578 g/mol. The molecule has 41 heavy (non-hydrogen) atoms. The molecule has 0 aliphatic heterocycles. The smallest absolute Gasteiger partial charge is 0.234 e. The molecule has 9 nitrogen and oxygen atoms in total. The Labute approximate surface area is 251 Å². The minimum atomic E-state index is 0.182. The average Bonchev–Trinajstić information content (AvgIpc) is 3.25. The largest absolute Gasteiger partial charge is 0.399 e. The van der Waals surface area contributed by atoms with Gasteiger partial charge in [0.2, 0.25) is 11.6 Å². The maximum Gasteiger partial charge on any atom is 0.234 e. The summed E-state index contributed by atoms with van der Waals surface area (Å²) in [5, 5.41) is 22.0. The van der Waals surface area contributed by atoms with Gasteiger partial charge in [0.15, 0.2) is 0 Å². The van der Waals surface area contributed by atoms with E-state index in [-0.39, 0.29) is 22.5 Å². The summed E-state index contributed by atoms with van der Waals surface area (Å²) in [6, 6.07) is 14.0. The summed E-state index contributed by atoms with van der Waals surface area (Å²) in [5.41, 5.74) is 10.3. The van der Waals surface area contributed by atoms with Crippen molar-refractivity contribution in [2.45, 2.75) is 67.3 Å². The quantitative estimate of drug-likeness (QED) is 0.214. The fraction of sp³-hybridized carbons (Fsp3) is 0.419. The van der Waals surface area contributed by atoms with Crippen molar-refractivity contribution in [2.75, 3.05) is 17.6 Å². The van der Waals surface area contributed by atoms with Crippen molar-refractivity contribution < 1.29 is 0 Å². The van der Waals surface area contributed by atoms with Gasteiger partial charge in [-0.15, -0.1) is 0 Å². The van der Waals surface area contributed by atoms with Crippen LogP contribution in [0.3, 0.4) is 0 Å². The number of fused-ring (bicyclic) bond motifs is 1. The Morgan fingerprint density at radius 2 is 1.51 bits per heavy atom. The van der Waals surface area contributed by atoms with Gasteiger partial charge in [0, 0.05) is 48.7 Å². The van der Waals surface area contributed by atoms with E-state index in [9.17, 15) is 0 Å². The highest BCUT2D eigenvalue weighted by Crippen LogP contribution is 2.26. The van der Waals surface area contributed by atoms with Crippen molar-refractivity contribution in [3.05, 3.63) is 70.1 Å². The van der Waals surface area contributed by atoms with Crippen LogP contribution in [0.15, 0.2) is 47.2 Å². The molecule has 0 fully saturated rings. The van der Waals surface area contributed by atoms with Crippen LogP contribution in [-0.2, 0) is 13.0 Å². The number of aromatic nitrogens is 5. The highest BCUT2D eigenvalue weighted by Gasteiger charge is 2.16. The summed E-state index contributed by atoms with van der Waals surface area (Å²) < 4.78 is 3.00. The van der Waals surface area contributed by atoms with Crippen LogP contribution < -0.4 is 11.1 Å². The average molecular weight is 617 g/mol. The number of hydrogen-bond donors (Lipinski definition) is 2. The van der Waals surface area contributed by atoms with Gasteiger partial charge in [-0.25, -0.2) is 19.9 Å². The van der Waals surface area contributed by atoms with E-state index in [0.29, 0.717) is 5.82 Å². The Morgan fingerprint density at radius 3 is 2.12 bits per heavy atom. The summed E-state index contributed by atoms with van der Waals surface area (Å²) in [6.07, 6.45) is 6.18. The predicted molar refractivity (Wildman–Crippen MR) is 167 cm³/mol. The molecule has 0 bridgehead atoms. The van der Waals surface area contributed by atoms with Crippen molar-refractivity contribution >= 4 is 38.5 Å². The second kappa shape index (κ2) is 13.6. The molecule has 0 amide bonds. The molecule has 214 valence electrons. The van der Waals surface area contributed by atoms with E-state index in [4.69, 9.17) is 16.3 Å². The Morgan fingerprint density at radius 1 is 0.902 bits per heavy atom. The second-order valence-electron chi connectivity index (χ2n) is 12.3. The van der Waals surface area contributed by atoms with Gasteiger partial charge in [0.25, 0.3) is 0 Å². The van der Waals surface area contributed by atoms with Crippen molar-refractivity contribution in [2.24, 2.45) is 10.8 Å². The van der Waals surface area contributed by atoms with Crippen LogP contribution in [0.4, 0.5) is 11.5 Å². The Hall–Kier alpha value is -4.02. The molecule has 1 aromatic carbocycles. The van der Waals surface area contributed by atoms with Gasteiger partial charge in [0.05, 0.1) is 4.47 Å².